The summed E-state index contributed by atoms with van der Waals surface area (Å²) in [6.07, 6.45) is 2.36. The Bertz CT molecular complexity index is 493. The number of carbonyl (C=O) groups excluding carboxylic acids is 1. The number of aromatic amines is 1. The summed E-state index contributed by atoms with van der Waals surface area (Å²) in [6.45, 7) is 2.61. The van der Waals surface area contributed by atoms with Gasteiger partial charge in [-0.15, -0.1) is 0 Å². The van der Waals surface area contributed by atoms with E-state index in [9.17, 15) is 4.79 Å². The van der Waals surface area contributed by atoms with E-state index in [1.807, 2.05) is 18.2 Å². The lowest BCUT2D eigenvalue weighted by atomic mass is 10.1. The van der Waals surface area contributed by atoms with Crippen LogP contribution in [0.3, 0.4) is 0 Å². The van der Waals surface area contributed by atoms with Crippen molar-refractivity contribution in [2.45, 2.75) is 19.9 Å². The number of amides is 1. The van der Waals surface area contributed by atoms with Crippen molar-refractivity contribution in [3.63, 3.8) is 0 Å². The number of aryl methyl sites for hydroxylation is 1. The number of carbonyl (C=O) groups is 1. The number of hydrogen-bond donors (Lipinski definition) is 2. The van der Waals surface area contributed by atoms with E-state index in [4.69, 9.17) is 0 Å². The van der Waals surface area contributed by atoms with Crippen LogP contribution in [0.25, 0.3) is 0 Å². The first-order valence-electron chi connectivity index (χ1n) is 5.52. The first-order chi connectivity index (χ1) is 8.31. The fraction of sp³-hybridized carbons (Fsp3) is 0.250. The second-order valence-electron chi connectivity index (χ2n) is 3.66. The summed E-state index contributed by atoms with van der Waals surface area (Å²) in [6, 6.07) is 8.05. The van der Waals surface area contributed by atoms with Gasteiger partial charge in [-0.1, -0.05) is 31.2 Å². The van der Waals surface area contributed by atoms with Gasteiger partial charge in [0.15, 0.2) is 5.69 Å². The minimum atomic E-state index is -0.218. The Morgan fingerprint density at radius 3 is 2.76 bits per heavy atom. The summed E-state index contributed by atoms with van der Waals surface area (Å²) >= 11 is 0. The Morgan fingerprint density at radius 2 is 2.12 bits per heavy atom. The molecule has 88 valence electrons. The zero-order valence-corrected chi connectivity index (χ0v) is 9.60. The summed E-state index contributed by atoms with van der Waals surface area (Å²) in [5.41, 5.74) is 2.68. The highest BCUT2D eigenvalue weighted by atomic mass is 16.1. The summed E-state index contributed by atoms with van der Waals surface area (Å²) in [5, 5.41) is 12.5. The van der Waals surface area contributed by atoms with Gasteiger partial charge in [0.1, 0.15) is 0 Å². The Balaban J connectivity index is 2.00. The zero-order chi connectivity index (χ0) is 12.1. The first kappa shape index (κ1) is 11.3. The van der Waals surface area contributed by atoms with Crippen molar-refractivity contribution in [2.75, 3.05) is 0 Å². The van der Waals surface area contributed by atoms with E-state index in [1.165, 1.54) is 11.8 Å². The van der Waals surface area contributed by atoms with Crippen LogP contribution in [-0.2, 0) is 13.0 Å². The van der Waals surface area contributed by atoms with Crippen LogP contribution < -0.4 is 5.32 Å². The fourth-order valence-electron chi connectivity index (χ4n) is 1.65. The summed E-state index contributed by atoms with van der Waals surface area (Å²) < 4.78 is 0. The van der Waals surface area contributed by atoms with E-state index >= 15 is 0 Å². The predicted molar refractivity (Wildman–Crippen MR) is 63.4 cm³/mol. The molecule has 5 heteroatoms. The van der Waals surface area contributed by atoms with Crippen LogP contribution in [0.4, 0.5) is 0 Å². The molecule has 17 heavy (non-hydrogen) atoms. The number of H-pyrrole nitrogens is 1. The molecular formula is C12H14N4O. The van der Waals surface area contributed by atoms with Crippen molar-refractivity contribution >= 4 is 5.91 Å². The smallest absolute Gasteiger partial charge is 0.273 e. The topological polar surface area (TPSA) is 70.7 Å². The zero-order valence-electron chi connectivity index (χ0n) is 9.60. The third-order valence-electron chi connectivity index (χ3n) is 2.59. The van der Waals surface area contributed by atoms with Crippen molar-refractivity contribution in [1.82, 2.24) is 20.7 Å². The quantitative estimate of drug-likeness (QED) is 0.831. The highest BCUT2D eigenvalue weighted by molar-refractivity contribution is 5.91. The average molecular weight is 230 g/mol. The lowest BCUT2D eigenvalue weighted by Gasteiger charge is -2.07. The molecule has 2 aromatic rings. The maximum Gasteiger partial charge on any atom is 0.273 e. The van der Waals surface area contributed by atoms with Crippen LogP contribution in [0.2, 0.25) is 0 Å². The first-order valence-corrected chi connectivity index (χ1v) is 5.52. The molecule has 0 aliphatic heterocycles. The van der Waals surface area contributed by atoms with Gasteiger partial charge < -0.3 is 5.32 Å². The van der Waals surface area contributed by atoms with Crippen LogP contribution in [-0.4, -0.2) is 21.3 Å². The third-order valence-corrected chi connectivity index (χ3v) is 2.59. The van der Waals surface area contributed by atoms with Gasteiger partial charge >= 0.3 is 0 Å². The Kier molecular flexibility index (Phi) is 3.49. The molecule has 0 fully saturated rings. The lowest BCUT2D eigenvalue weighted by molar-refractivity contribution is 0.0946. The van der Waals surface area contributed by atoms with Crippen molar-refractivity contribution in [2.24, 2.45) is 0 Å². The molecule has 0 aliphatic carbocycles. The Hall–Kier alpha value is -2.17. The van der Waals surface area contributed by atoms with Crippen molar-refractivity contribution in [3.05, 3.63) is 47.3 Å². The van der Waals surface area contributed by atoms with Gasteiger partial charge in [-0.2, -0.15) is 15.4 Å². The van der Waals surface area contributed by atoms with Gasteiger partial charge in [-0.25, -0.2) is 0 Å². The molecule has 2 rings (SSSR count). The summed E-state index contributed by atoms with van der Waals surface area (Å²) in [4.78, 5) is 11.6. The lowest BCUT2D eigenvalue weighted by Crippen LogP contribution is -2.23. The average Bonchev–Trinajstić information content (AvgIpc) is 2.90. The minimum Gasteiger partial charge on any atom is -0.347 e. The number of hydrogen-bond acceptors (Lipinski definition) is 3. The number of benzene rings is 1. The van der Waals surface area contributed by atoms with Crippen LogP contribution >= 0.6 is 0 Å². The largest absolute Gasteiger partial charge is 0.347 e. The Labute approximate surface area is 99.2 Å². The second-order valence-corrected chi connectivity index (χ2v) is 3.66. The maximum atomic E-state index is 11.6. The van der Waals surface area contributed by atoms with Crippen LogP contribution in [0.5, 0.6) is 0 Å². The standard InChI is InChI=1S/C12H14N4O/c1-2-9-5-3-4-6-10(9)7-13-12(17)11-8-14-16-15-11/h3-6,8H,2,7H2,1H3,(H,13,17)(H,14,15,16). The maximum absolute atomic E-state index is 11.6. The van der Waals surface area contributed by atoms with E-state index in [2.05, 4.69) is 33.7 Å². The Morgan fingerprint density at radius 1 is 1.35 bits per heavy atom. The number of aromatic nitrogens is 3. The molecule has 0 saturated carbocycles. The molecule has 0 radical (unpaired) electrons. The van der Waals surface area contributed by atoms with Gasteiger partial charge in [0, 0.05) is 6.54 Å². The number of rotatable bonds is 4. The van der Waals surface area contributed by atoms with Gasteiger partial charge in [0.2, 0.25) is 0 Å². The molecular weight excluding hydrogens is 216 g/mol. The number of nitrogens with one attached hydrogen (secondary N) is 2. The van der Waals surface area contributed by atoms with E-state index in [0.29, 0.717) is 12.2 Å². The molecule has 1 amide bonds. The highest BCUT2D eigenvalue weighted by Crippen LogP contribution is 2.09. The van der Waals surface area contributed by atoms with Gasteiger partial charge in [-0.3, -0.25) is 4.79 Å². The minimum absolute atomic E-state index is 0.218. The fourth-order valence-corrected chi connectivity index (χ4v) is 1.65. The van der Waals surface area contributed by atoms with Crippen molar-refractivity contribution < 1.29 is 4.79 Å². The van der Waals surface area contributed by atoms with Crippen LogP contribution in [0, 0.1) is 0 Å². The van der Waals surface area contributed by atoms with E-state index in [0.717, 1.165) is 12.0 Å². The van der Waals surface area contributed by atoms with Crippen LogP contribution in [0.1, 0.15) is 28.5 Å². The number of nitrogens with zero attached hydrogens (tertiary/aromatic N) is 2. The third kappa shape index (κ3) is 2.69. The molecule has 5 nitrogen and oxygen atoms in total. The van der Waals surface area contributed by atoms with Crippen molar-refractivity contribution in [1.29, 1.82) is 0 Å². The monoisotopic (exact) mass is 230 g/mol. The molecule has 0 unspecified atom stereocenters. The van der Waals surface area contributed by atoms with Gasteiger partial charge in [-0.05, 0) is 17.5 Å². The molecule has 0 saturated heterocycles. The van der Waals surface area contributed by atoms with Gasteiger partial charge in [0.25, 0.3) is 5.91 Å². The molecule has 0 atom stereocenters. The van der Waals surface area contributed by atoms with Crippen LogP contribution in [0.15, 0.2) is 30.5 Å². The van der Waals surface area contributed by atoms with E-state index in [-0.39, 0.29) is 5.91 Å². The van der Waals surface area contributed by atoms with Crippen molar-refractivity contribution in [3.8, 4) is 0 Å². The molecule has 0 aliphatic rings. The molecule has 1 aromatic heterocycles. The molecule has 0 bridgehead atoms. The molecule has 2 N–H and O–H groups in total. The highest BCUT2D eigenvalue weighted by Gasteiger charge is 2.08. The second kappa shape index (κ2) is 5.25. The normalized spacial score (nSPS) is 10.2. The van der Waals surface area contributed by atoms with E-state index < -0.39 is 0 Å². The predicted octanol–water partition coefficient (Wildman–Crippen LogP) is 1.30. The van der Waals surface area contributed by atoms with Gasteiger partial charge in [0.05, 0.1) is 6.20 Å². The molecule has 0 spiro atoms. The van der Waals surface area contributed by atoms with E-state index in [1.54, 1.807) is 0 Å². The SMILES string of the molecule is CCc1ccccc1CNC(=O)c1cn[nH]n1. The molecule has 1 aromatic carbocycles. The molecule has 1 heterocycles. The summed E-state index contributed by atoms with van der Waals surface area (Å²) in [7, 11) is 0. The summed E-state index contributed by atoms with van der Waals surface area (Å²) in [5.74, 6) is -0.218.